The maximum atomic E-state index is 12.2. The number of hydrogen-bond acceptors (Lipinski definition) is 12. The lowest BCUT2D eigenvalue weighted by molar-refractivity contribution is -0.233. The van der Waals surface area contributed by atoms with Gasteiger partial charge in [0.15, 0.2) is 6.61 Å². The molecule has 0 unspecified atom stereocenters. The van der Waals surface area contributed by atoms with Crippen LogP contribution in [0.2, 0.25) is 0 Å². The average molecular weight is 726 g/mol. The van der Waals surface area contributed by atoms with Gasteiger partial charge in [-0.2, -0.15) is 0 Å². The fourth-order valence-electron chi connectivity index (χ4n) is 5.34. The molecule has 51 heavy (non-hydrogen) atoms. The first-order valence-corrected chi connectivity index (χ1v) is 17.0. The van der Waals surface area contributed by atoms with Gasteiger partial charge in [-0.15, -0.1) is 0 Å². The first-order valence-electron chi connectivity index (χ1n) is 17.0. The molecule has 0 aliphatic carbocycles. The number of aliphatic hydroxyl groups is 7. The number of ether oxygens (including phenoxy) is 2. The first-order chi connectivity index (χ1) is 23.8. The fourth-order valence-corrected chi connectivity index (χ4v) is 5.34. The van der Waals surface area contributed by atoms with Crippen molar-refractivity contribution in [3.05, 3.63) is 53.1 Å². The van der Waals surface area contributed by atoms with Gasteiger partial charge >= 0.3 is 5.97 Å². The summed E-state index contributed by atoms with van der Waals surface area (Å²) in [6.07, 6.45) is 1.02. The number of nitrogens with one attached hydrogen (secondary N) is 1. The van der Waals surface area contributed by atoms with Crippen molar-refractivity contribution in [1.82, 2.24) is 0 Å². The van der Waals surface area contributed by atoms with Gasteiger partial charge in [-0.05, 0) is 65.6 Å². The highest BCUT2D eigenvalue weighted by Crippen LogP contribution is 2.51. The standard InChI is InChI=1S/C21H33NO11.C13H20O.C4H10/c1-15(30)22-16-2-4-17(5-3-16)32-6-18(31)33-14-20(10-26,11-27)21(12-28,13-29)19(7-23,8-24)9-25;1-6-10-7-9(2)12(14)11(8-10)13(3,4)5;1-4(2)3/h2-5,23-29H,6-14H2,1H3,(H,22,30);7-8,14H,6H2,1-5H3;4H,1-3H3. The number of phenols is 1. The number of carbonyl (C=O) groups excluding carboxylic acids is 2. The zero-order valence-corrected chi connectivity index (χ0v) is 31.8. The Bertz CT molecular complexity index is 1300. The Labute approximate surface area is 302 Å². The van der Waals surface area contributed by atoms with Crippen LogP contribution in [-0.4, -0.2) is 112 Å². The van der Waals surface area contributed by atoms with E-state index < -0.39 is 81.7 Å². The number of phenolic OH excluding ortho intramolecular Hbond substituents is 1. The van der Waals surface area contributed by atoms with Crippen LogP contribution in [0.1, 0.15) is 72.1 Å². The van der Waals surface area contributed by atoms with Crippen molar-refractivity contribution in [3.63, 3.8) is 0 Å². The van der Waals surface area contributed by atoms with Crippen LogP contribution in [0.15, 0.2) is 36.4 Å². The van der Waals surface area contributed by atoms with E-state index in [1.165, 1.54) is 24.6 Å². The second-order valence-corrected chi connectivity index (χ2v) is 14.5. The molecule has 0 saturated heterocycles. The maximum absolute atomic E-state index is 12.2. The van der Waals surface area contributed by atoms with Crippen molar-refractivity contribution in [1.29, 1.82) is 0 Å². The molecule has 0 atom stereocenters. The zero-order valence-electron chi connectivity index (χ0n) is 31.8. The quantitative estimate of drug-likeness (QED) is 0.114. The summed E-state index contributed by atoms with van der Waals surface area (Å²) in [5.41, 5.74) is -2.05. The van der Waals surface area contributed by atoms with E-state index in [0.29, 0.717) is 11.4 Å². The smallest absolute Gasteiger partial charge is 0.344 e. The van der Waals surface area contributed by atoms with E-state index in [2.05, 4.69) is 65.9 Å². The predicted molar refractivity (Wildman–Crippen MR) is 196 cm³/mol. The Hall–Kier alpha value is -3.30. The third-order valence-corrected chi connectivity index (χ3v) is 8.70. The number of aliphatic hydroxyl groups excluding tert-OH is 7. The summed E-state index contributed by atoms with van der Waals surface area (Å²) in [6.45, 7) is 10.5. The zero-order chi connectivity index (χ0) is 39.6. The number of hydrogen-bond donors (Lipinski definition) is 9. The van der Waals surface area contributed by atoms with Crippen molar-refractivity contribution in [2.24, 2.45) is 22.2 Å². The molecule has 0 aliphatic rings. The van der Waals surface area contributed by atoms with E-state index in [0.717, 1.165) is 23.5 Å². The lowest BCUT2D eigenvalue weighted by atomic mass is 9.51. The summed E-state index contributed by atoms with van der Waals surface area (Å²) >= 11 is 0. The molecule has 0 heterocycles. The molecule has 9 N–H and O–H groups in total. The predicted octanol–water partition coefficient (Wildman–Crippen LogP) is 2.70. The van der Waals surface area contributed by atoms with E-state index in [1.54, 1.807) is 12.1 Å². The molecule has 0 spiro atoms. The van der Waals surface area contributed by atoms with Gasteiger partial charge in [0.2, 0.25) is 5.91 Å². The SMILES string of the molecule is CC(=O)Nc1ccc(OCC(=O)OCC(CO)(CO)C(CO)(CO)C(CO)(CO)CO)cc1.CC(C)C.CCc1cc(C)c(O)c(C(C)(C)C)c1. The highest BCUT2D eigenvalue weighted by Gasteiger charge is 2.62. The normalized spacial score (nSPS) is 11.9. The first kappa shape index (κ1) is 47.7. The van der Waals surface area contributed by atoms with Gasteiger partial charge in [0, 0.05) is 18.0 Å². The van der Waals surface area contributed by atoms with Gasteiger partial charge in [-0.1, -0.05) is 60.6 Å². The van der Waals surface area contributed by atoms with Crippen molar-refractivity contribution in [2.75, 3.05) is 64.8 Å². The number of esters is 1. The summed E-state index contributed by atoms with van der Waals surface area (Å²) in [7, 11) is 0. The van der Waals surface area contributed by atoms with Gasteiger partial charge in [0.05, 0.1) is 57.1 Å². The minimum atomic E-state index is -2.04. The summed E-state index contributed by atoms with van der Waals surface area (Å²) in [4.78, 5) is 23.3. The molecular weight excluding hydrogens is 662 g/mol. The molecule has 13 heteroatoms. The van der Waals surface area contributed by atoms with E-state index >= 15 is 0 Å². The lowest BCUT2D eigenvalue weighted by Crippen LogP contribution is -2.66. The number of amides is 1. The van der Waals surface area contributed by atoms with Crippen LogP contribution in [0.3, 0.4) is 0 Å². The Kier molecular flexibility index (Phi) is 20.5. The molecule has 13 nitrogen and oxygen atoms in total. The number of rotatable bonds is 16. The molecule has 292 valence electrons. The summed E-state index contributed by atoms with van der Waals surface area (Å²) in [6, 6.07) is 10.3. The minimum absolute atomic E-state index is 0.0139. The van der Waals surface area contributed by atoms with Crippen LogP contribution in [0.5, 0.6) is 11.5 Å². The van der Waals surface area contributed by atoms with Crippen molar-refractivity contribution in [2.45, 2.75) is 74.1 Å². The summed E-state index contributed by atoms with van der Waals surface area (Å²) in [5.74, 6) is 0.406. The van der Waals surface area contributed by atoms with Gasteiger partial charge in [-0.3, -0.25) is 4.79 Å². The fraction of sp³-hybridized carbons (Fsp3) is 0.632. The highest BCUT2D eigenvalue weighted by molar-refractivity contribution is 5.88. The molecular formula is C38H63NO12. The second kappa shape index (κ2) is 21.9. The van der Waals surface area contributed by atoms with Crippen molar-refractivity contribution in [3.8, 4) is 11.5 Å². The van der Waals surface area contributed by atoms with Crippen molar-refractivity contribution < 1.29 is 59.9 Å². The van der Waals surface area contributed by atoms with Gasteiger partial charge in [-0.25, -0.2) is 4.79 Å². The average Bonchev–Trinajstić information content (AvgIpc) is 3.08. The molecule has 0 aromatic heterocycles. The third kappa shape index (κ3) is 13.0. The van der Waals surface area contributed by atoms with Crippen LogP contribution >= 0.6 is 0 Å². The molecule has 2 aromatic carbocycles. The van der Waals surface area contributed by atoms with E-state index in [-0.39, 0.29) is 17.1 Å². The monoisotopic (exact) mass is 725 g/mol. The number of benzene rings is 2. The van der Waals surface area contributed by atoms with Gasteiger partial charge in [0.1, 0.15) is 18.1 Å². The topological polar surface area (TPSA) is 226 Å². The van der Waals surface area contributed by atoms with Crippen LogP contribution in [0.4, 0.5) is 5.69 Å². The summed E-state index contributed by atoms with van der Waals surface area (Å²) < 4.78 is 10.4. The molecule has 0 aliphatic heterocycles. The molecule has 2 aromatic rings. The number of aromatic hydroxyl groups is 1. The number of aryl methyl sites for hydroxylation is 2. The Morgan fingerprint density at radius 1 is 0.784 bits per heavy atom. The number of anilines is 1. The molecule has 0 radical (unpaired) electrons. The lowest BCUT2D eigenvalue weighted by Gasteiger charge is -2.55. The van der Waals surface area contributed by atoms with Crippen LogP contribution in [0.25, 0.3) is 0 Å². The summed E-state index contributed by atoms with van der Waals surface area (Å²) in [5, 5.41) is 82.3. The van der Waals surface area contributed by atoms with E-state index in [1.807, 2.05) is 6.92 Å². The Morgan fingerprint density at radius 2 is 1.25 bits per heavy atom. The number of carbonyl (C=O) groups is 2. The second-order valence-electron chi connectivity index (χ2n) is 14.5. The van der Waals surface area contributed by atoms with Crippen LogP contribution in [0, 0.1) is 29.1 Å². The van der Waals surface area contributed by atoms with Gasteiger partial charge < -0.3 is 55.6 Å². The van der Waals surface area contributed by atoms with Crippen LogP contribution in [-0.2, 0) is 26.2 Å². The van der Waals surface area contributed by atoms with Gasteiger partial charge in [0.25, 0.3) is 0 Å². The van der Waals surface area contributed by atoms with E-state index in [4.69, 9.17) is 9.47 Å². The molecule has 1 amide bonds. The largest absolute Gasteiger partial charge is 0.507 e. The van der Waals surface area contributed by atoms with Crippen LogP contribution < -0.4 is 10.1 Å². The molecule has 0 saturated carbocycles. The van der Waals surface area contributed by atoms with Crippen molar-refractivity contribution >= 4 is 17.6 Å². The Morgan fingerprint density at radius 3 is 1.63 bits per heavy atom. The van der Waals surface area contributed by atoms with E-state index in [9.17, 15) is 50.4 Å². The maximum Gasteiger partial charge on any atom is 0.344 e. The molecule has 0 bridgehead atoms. The minimum Gasteiger partial charge on any atom is -0.507 e. The third-order valence-electron chi connectivity index (χ3n) is 8.70. The Balaban J connectivity index is 0.00000114. The highest BCUT2D eigenvalue weighted by atomic mass is 16.6. The molecule has 2 rings (SSSR count). The molecule has 0 fully saturated rings.